The molecule has 0 amide bonds. The Morgan fingerprint density at radius 1 is 0.625 bits per heavy atom. The molecular weight excluding hydrogens is 463 g/mol. The SMILES string of the molecule is O=C(Oc1cc(Cl)c(Cl)cc1Cl)c1ccc(-c2ccc(C#Cc3ccccc3)cc2)cc1. The fourth-order valence-electron chi connectivity index (χ4n) is 2.95. The average molecular weight is 478 g/mol. The fraction of sp³-hybridized carbons (Fsp3) is 0. The lowest BCUT2D eigenvalue weighted by Crippen LogP contribution is -2.08. The molecule has 2 nitrogen and oxygen atoms in total. The molecule has 0 aliphatic carbocycles. The van der Waals surface area contributed by atoms with E-state index in [-0.39, 0.29) is 20.8 Å². The van der Waals surface area contributed by atoms with Crippen molar-refractivity contribution in [3.8, 4) is 28.7 Å². The van der Waals surface area contributed by atoms with E-state index in [9.17, 15) is 4.79 Å². The molecule has 4 aromatic carbocycles. The second-order valence-corrected chi connectivity index (χ2v) is 8.08. The summed E-state index contributed by atoms with van der Waals surface area (Å²) in [4.78, 5) is 12.5. The van der Waals surface area contributed by atoms with Gasteiger partial charge in [-0.25, -0.2) is 4.79 Å². The molecule has 0 saturated carbocycles. The largest absolute Gasteiger partial charge is 0.421 e. The predicted octanol–water partition coefficient (Wildman–Crippen LogP) is 7.93. The van der Waals surface area contributed by atoms with Crippen LogP contribution >= 0.6 is 34.8 Å². The van der Waals surface area contributed by atoms with Crippen molar-refractivity contribution < 1.29 is 9.53 Å². The van der Waals surface area contributed by atoms with E-state index in [0.717, 1.165) is 22.3 Å². The Kier molecular flexibility index (Phi) is 6.83. The van der Waals surface area contributed by atoms with E-state index < -0.39 is 5.97 Å². The molecular formula is C27H15Cl3O2. The summed E-state index contributed by atoms with van der Waals surface area (Å²) in [5.41, 5.74) is 4.28. The van der Waals surface area contributed by atoms with Crippen LogP contribution < -0.4 is 4.74 Å². The van der Waals surface area contributed by atoms with E-state index in [0.29, 0.717) is 5.56 Å². The molecule has 0 unspecified atom stereocenters. The van der Waals surface area contributed by atoms with Crippen LogP contribution in [0.2, 0.25) is 15.1 Å². The maximum Gasteiger partial charge on any atom is 0.343 e. The Balaban J connectivity index is 1.46. The molecule has 0 atom stereocenters. The van der Waals surface area contributed by atoms with Gasteiger partial charge in [-0.3, -0.25) is 0 Å². The molecule has 0 aromatic heterocycles. The van der Waals surface area contributed by atoms with Gasteiger partial charge >= 0.3 is 5.97 Å². The van der Waals surface area contributed by atoms with Crippen molar-refractivity contribution in [1.29, 1.82) is 0 Å². The molecule has 32 heavy (non-hydrogen) atoms. The van der Waals surface area contributed by atoms with E-state index in [1.165, 1.54) is 12.1 Å². The predicted molar refractivity (Wildman–Crippen MR) is 131 cm³/mol. The van der Waals surface area contributed by atoms with Crippen LogP contribution in [0.4, 0.5) is 0 Å². The first-order valence-corrected chi connectivity index (χ1v) is 10.8. The molecule has 0 fully saturated rings. The number of ether oxygens (including phenoxy) is 1. The highest BCUT2D eigenvalue weighted by Gasteiger charge is 2.13. The van der Waals surface area contributed by atoms with Crippen LogP contribution in [0.15, 0.2) is 91.0 Å². The Bertz CT molecular complexity index is 1320. The molecule has 4 aromatic rings. The molecule has 0 spiro atoms. The van der Waals surface area contributed by atoms with E-state index in [1.54, 1.807) is 12.1 Å². The minimum Gasteiger partial charge on any atom is -0.421 e. The van der Waals surface area contributed by atoms with Crippen molar-refractivity contribution >= 4 is 40.8 Å². The second kappa shape index (κ2) is 9.94. The molecule has 156 valence electrons. The number of rotatable bonds is 3. The highest BCUT2D eigenvalue weighted by molar-refractivity contribution is 6.43. The number of carbonyl (C=O) groups excluding carboxylic acids is 1. The zero-order valence-electron chi connectivity index (χ0n) is 16.6. The molecule has 0 saturated heterocycles. The summed E-state index contributed by atoms with van der Waals surface area (Å²) >= 11 is 18.0. The Hall–Kier alpha value is -3.22. The lowest BCUT2D eigenvalue weighted by molar-refractivity contribution is 0.0735. The van der Waals surface area contributed by atoms with Crippen LogP contribution in [0.25, 0.3) is 11.1 Å². The third-order valence-electron chi connectivity index (χ3n) is 4.64. The van der Waals surface area contributed by atoms with E-state index >= 15 is 0 Å². The van der Waals surface area contributed by atoms with Crippen molar-refractivity contribution in [1.82, 2.24) is 0 Å². The second-order valence-electron chi connectivity index (χ2n) is 6.86. The fourth-order valence-corrected chi connectivity index (χ4v) is 3.53. The van der Waals surface area contributed by atoms with Crippen molar-refractivity contribution in [2.24, 2.45) is 0 Å². The van der Waals surface area contributed by atoms with Gasteiger partial charge in [0.25, 0.3) is 0 Å². The van der Waals surface area contributed by atoms with Crippen molar-refractivity contribution in [2.75, 3.05) is 0 Å². The summed E-state index contributed by atoms with van der Waals surface area (Å²) in [7, 11) is 0. The zero-order valence-corrected chi connectivity index (χ0v) is 18.9. The first-order valence-electron chi connectivity index (χ1n) is 9.64. The number of halogens is 3. The average Bonchev–Trinajstić information content (AvgIpc) is 2.82. The van der Waals surface area contributed by atoms with Crippen LogP contribution in [0.1, 0.15) is 21.5 Å². The van der Waals surface area contributed by atoms with Crippen LogP contribution in [-0.4, -0.2) is 5.97 Å². The third-order valence-corrected chi connectivity index (χ3v) is 5.66. The molecule has 0 N–H and O–H groups in total. The maximum atomic E-state index is 12.5. The standard InChI is InChI=1S/C27H15Cl3O2/c28-23-16-25(30)26(17-24(23)29)32-27(31)22-14-12-21(13-15-22)20-10-8-19(9-11-20)7-6-18-4-2-1-3-5-18/h1-5,8-17H. The minimum absolute atomic E-state index is 0.155. The van der Waals surface area contributed by atoms with Gasteiger partial charge < -0.3 is 4.74 Å². The number of benzene rings is 4. The minimum atomic E-state index is -0.539. The number of hydrogen-bond acceptors (Lipinski definition) is 2. The van der Waals surface area contributed by atoms with Gasteiger partial charge in [0, 0.05) is 17.2 Å². The van der Waals surface area contributed by atoms with Gasteiger partial charge in [0.1, 0.15) is 0 Å². The van der Waals surface area contributed by atoms with Gasteiger partial charge in [-0.05, 0) is 53.6 Å². The quantitative estimate of drug-likeness (QED) is 0.130. The van der Waals surface area contributed by atoms with Crippen LogP contribution in [0.3, 0.4) is 0 Å². The van der Waals surface area contributed by atoms with E-state index in [2.05, 4.69) is 11.8 Å². The van der Waals surface area contributed by atoms with E-state index in [4.69, 9.17) is 39.5 Å². The lowest BCUT2D eigenvalue weighted by atomic mass is 10.0. The van der Waals surface area contributed by atoms with Crippen LogP contribution in [0, 0.1) is 11.8 Å². The normalized spacial score (nSPS) is 10.2. The molecule has 0 radical (unpaired) electrons. The molecule has 0 aliphatic heterocycles. The summed E-state index contributed by atoms with van der Waals surface area (Å²) in [6.45, 7) is 0. The van der Waals surface area contributed by atoms with Crippen molar-refractivity contribution in [3.05, 3.63) is 123 Å². The highest BCUT2D eigenvalue weighted by Crippen LogP contribution is 2.34. The Morgan fingerprint density at radius 3 is 1.78 bits per heavy atom. The van der Waals surface area contributed by atoms with Gasteiger partial charge in [-0.15, -0.1) is 0 Å². The van der Waals surface area contributed by atoms with Gasteiger partial charge in [0.05, 0.1) is 20.6 Å². The number of hydrogen-bond donors (Lipinski definition) is 0. The smallest absolute Gasteiger partial charge is 0.343 e. The lowest BCUT2D eigenvalue weighted by Gasteiger charge is -2.08. The van der Waals surface area contributed by atoms with Crippen molar-refractivity contribution in [3.63, 3.8) is 0 Å². The van der Waals surface area contributed by atoms with Gasteiger partial charge in [0.15, 0.2) is 5.75 Å². The molecule has 0 bridgehead atoms. The summed E-state index contributed by atoms with van der Waals surface area (Å²) in [6.07, 6.45) is 0. The third kappa shape index (κ3) is 5.33. The maximum absolute atomic E-state index is 12.5. The van der Waals surface area contributed by atoms with Crippen molar-refractivity contribution in [2.45, 2.75) is 0 Å². The molecule has 0 heterocycles. The zero-order chi connectivity index (χ0) is 22.5. The molecule has 4 rings (SSSR count). The van der Waals surface area contributed by atoms with Gasteiger partial charge in [-0.1, -0.05) is 89.1 Å². The van der Waals surface area contributed by atoms with Crippen LogP contribution in [0.5, 0.6) is 5.75 Å². The summed E-state index contributed by atoms with van der Waals surface area (Å²) in [6, 6.07) is 27.8. The van der Waals surface area contributed by atoms with Gasteiger partial charge in [-0.2, -0.15) is 0 Å². The van der Waals surface area contributed by atoms with Gasteiger partial charge in [0.2, 0.25) is 0 Å². The van der Waals surface area contributed by atoms with Crippen LogP contribution in [-0.2, 0) is 0 Å². The van der Waals surface area contributed by atoms with E-state index in [1.807, 2.05) is 66.7 Å². The molecule has 5 heteroatoms. The Labute approximate surface area is 201 Å². The molecule has 0 aliphatic rings. The highest BCUT2D eigenvalue weighted by atomic mass is 35.5. The Morgan fingerprint density at radius 2 is 1.16 bits per heavy atom. The number of esters is 1. The number of carbonyl (C=O) groups is 1. The summed E-state index contributed by atoms with van der Waals surface area (Å²) < 4.78 is 5.36. The first-order chi connectivity index (χ1) is 15.5. The summed E-state index contributed by atoms with van der Waals surface area (Å²) in [5, 5.41) is 0.754. The first kappa shape index (κ1) is 22.0. The summed E-state index contributed by atoms with van der Waals surface area (Å²) in [5.74, 6) is 5.92. The topological polar surface area (TPSA) is 26.3 Å². The monoisotopic (exact) mass is 476 g/mol.